The van der Waals surface area contributed by atoms with Gasteiger partial charge in [0.15, 0.2) is 0 Å². The highest BCUT2D eigenvalue weighted by Crippen LogP contribution is 2.12. The molecule has 1 aromatic rings. The number of ether oxygens (including phenoxy) is 1. The smallest absolute Gasteiger partial charge is 0.408 e. The second-order valence-corrected chi connectivity index (χ2v) is 6.24. The van der Waals surface area contributed by atoms with Crippen molar-refractivity contribution < 1.29 is 19.8 Å². The highest BCUT2D eigenvalue weighted by Gasteiger charge is 2.27. The zero-order valence-corrected chi connectivity index (χ0v) is 13.9. The third-order valence-electron chi connectivity index (χ3n) is 3.08. The van der Waals surface area contributed by atoms with Crippen LogP contribution < -0.4 is 5.32 Å². The number of rotatable bonds is 7. The zero-order valence-electron chi connectivity index (χ0n) is 13.9. The van der Waals surface area contributed by atoms with Gasteiger partial charge in [0.1, 0.15) is 5.60 Å². The van der Waals surface area contributed by atoms with Gasteiger partial charge in [0.05, 0.1) is 18.7 Å². The van der Waals surface area contributed by atoms with Crippen molar-refractivity contribution in [1.29, 1.82) is 0 Å². The summed E-state index contributed by atoms with van der Waals surface area (Å²) in [6, 6.07) is 7.97. The molecule has 1 amide bonds. The summed E-state index contributed by atoms with van der Waals surface area (Å²) in [5, 5.41) is 23.4. The Morgan fingerprint density at radius 2 is 2.00 bits per heavy atom. The number of amides is 1. The van der Waals surface area contributed by atoms with Crippen LogP contribution in [0.15, 0.2) is 43.0 Å². The Morgan fingerprint density at radius 3 is 2.48 bits per heavy atom. The third-order valence-corrected chi connectivity index (χ3v) is 3.08. The molecule has 0 fully saturated rings. The summed E-state index contributed by atoms with van der Waals surface area (Å²) in [5.74, 6) is 0. The molecule has 128 valence electrons. The van der Waals surface area contributed by atoms with Crippen molar-refractivity contribution in [2.45, 2.75) is 45.0 Å². The predicted octanol–water partition coefficient (Wildman–Crippen LogP) is 2.32. The monoisotopic (exact) mass is 322 g/mol. The fraction of sp³-hybridized carbons (Fsp3) is 0.471. The third kappa shape index (κ3) is 6.81. The largest absolute Gasteiger partial charge is 0.444 e. The van der Waals surface area contributed by atoms with E-state index in [0.717, 1.165) is 10.6 Å². The van der Waals surface area contributed by atoms with Gasteiger partial charge in [-0.3, -0.25) is 0 Å². The van der Waals surface area contributed by atoms with Crippen LogP contribution in [0.25, 0.3) is 0 Å². The van der Waals surface area contributed by atoms with Crippen molar-refractivity contribution in [2.24, 2.45) is 0 Å². The summed E-state index contributed by atoms with van der Waals surface area (Å²) < 4.78 is 5.17. The van der Waals surface area contributed by atoms with E-state index in [0.29, 0.717) is 0 Å². The normalized spacial score (nSPS) is 14.2. The predicted molar refractivity (Wildman–Crippen MR) is 88.0 cm³/mol. The number of hydrogen-bond acceptors (Lipinski definition) is 5. The minimum absolute atomic E-state index is 0.240. The molecule has 2 atom stereocenters. The highest BCUT2D eigenvalue weighted by molar-refractivity contribution is 5.68. The molecule has 0 aromatic heterocycles. The Morgan fingerprint density at radius 1 is 1.39 bits per heavy atom. The molecular formula is C17H26N2O4. The number of benzene rings is 1. The van der Waals surface area contributed by atoms with Crippen LogP contribution in [0.1, 0.15) is 26.3 Å². The lowest BCUT2D eigenvalue weighted by molar-refractivity contribution is -0.132. The fourth-order valence-electron chi connectivity index (χ4n) is 2.07. The average Bonchev–Trinajstić information content (AvgIpc) is 2.46. The molecule has 0 aliphatic carbocycles. The Bertz CT molecular complexity index is 499. The van der Waals surface area contributed by atoms with Crippen LogP contribution >= 0.6 is 0 Å². The maximum absolute atomic E-state index is 11.9. The van der Waals surface area contributed by atoms with Crippen LogP contribution in [0.4, 0.5) is 4.79 Å². The van der Waals surface area contributed by atoms with Gasteiger partial charge < -0.3 is 20.4 Å². The van der Waals surface area contributed by atoms with Crippen LogP contribution in [0.5, 0.6) is 0 Å². The SMILES string of the molecule is C=C[C@H]([C@H](CO)NC(=O)OC(C)(C)C)N(O)Cc1ccccc1. The van der Waals surface area contributed by atoms with E-state index < -0.39 is 23.8 Å². The van der Waals surface area contributed by atoms with Gasteiger partial charge in [0.25, 0.3) is 0 Å². The molecule has 0 heterocycles. The van der Waals surface area contributed by atoms with Crippen LogP contribution in [0.2, 0.25) is 0 Å². The number of carbonyl (C=O) groups is 1. The molecule has 0 aliphatic heterocycles. The van der Waals surface area contributed by atoms with Gasteiger partial charge in [0, 0.05) is 6.54 Å². The van der Waals surface area contributed by atoms with E-state index in [1.165, 1.54) is 6.08 Å². The molecule has 0 spiro atoms. The maximum atomic E-state index is 11.9. The number of hydrogen-bond donors (Lipinski definition) is 3. The Kier molecular flexibility index (Phi) is 7.22. The second-order valence-electron chi connectivity index (χ2n) is 6.24. The first-order valence-corrected chi connectivity index (χ1v) is 7.49. The quantitative estimate of drug-likeness (QED) is 0.530. The van der Waals surface area contributed by atoms with E-state index in [1.807, 2.05) is 30.3 Å². The number of carbonyl (C=O) groups excluding carboxylic acids is 1. The van der Waals surface area contributed by atoms with E-state index in [2.05, 4.69) is 11.9 Å². The molecule has 0 saturated heterocycles. The molecule has 0 radical (unpaired) electrons. The second kappa shape index (κ2) is 8.67. The average molecular weight is 322 g/mol. The Hall–Kier alpha value is -1.89. The molecule has 0 saturated carbocycles. The summed E-state index contributed by atoms with van der Waals surface area (Å²) in [6.45, 7) is 8.80. The fourth-order valence-corrected chi connectivity index (χ4v) is 2.07. The molecule has 1 rings (SSSR count). The molecular weight excluding hydrogens is 296 g/mol. The Balaban J connectivity index is 2.71. The van der Waals surface area contributed by atoms with Gasteiger partial charge >= 0.3 is 6.09 Å². The lowest BCUT2D eigenvalue weighted by Crippen LogP contribution is -2.52. The van der Waals surface area contributed by atoms with Crippen molar-refractivity contribution in [3.8, 4) is 0 Å². The number of aliphatic hydroxyl groups excluding tert-OH is 1. The molecule has 0 bridgehead atoms. The van der Waals surface area contributed by atoms with E-state index in [1.54, 1.807) is 20.8 Å². The van der Waals surface area contributed by atoms with Crippen molar-refractivity contribution in [2.75, 3.05) is 6.61 Å². The Labute approximate surface area is 137 Å². The van der Waals surface area contributed by atoms with Gasteiger partial charge in [-0.2, -0.15) is 5.06 Å². The van der Waals surface area contributed by atoms with Gasteiger partial charge in [-0.1, -0.05) is 36.4 Å². The van der Waals surface area contributed by atoms with Gasteiger partial charge in [-0.05, 0) is 26.3 Å². The van der Waals surface area contributed by atoms with Crippen molar-refractivity contribution in [3.05, 3.63) is 48.6 Å². The zero-order chi connectivity index (χ0) is 17.5. The number of hydroxylamine groups is 2. The van der Waals surface area contributed by atoms with Crippen LogP contribution in [0, 0.1) is 0 Å². The van der Waals surface area contributed by atoms with Crippen LogP contribution in [-0.2, 0) is 11.3 Å². The molecule has 6 heteroatoms. The molecule has 0 unspecified atom stereocenters. The van der Waals surface area contributed by atoms with Gasteiger partial charge in [0.2, 0.25) is 0 Å². The lowest BCUT2D eigenvalue weighted by Gasteiger charge is -2.31. The number of nitrogens with one attached hydrogen (secondary N) is 1. The molecule has 6 nitrogen and oxygen atoms in total. The summed E-state index contributed by atoms with van der Waals surface area (Å²) >= 11 is 0. The van der Waals surface area contributed by atoms with E-state index in [9.17, 15) is 15.1 Å². The highest BCUT2D eigenvalue weighted by atomic mass is 16.6. The summed E-state index contributed by atoms with van der Waals surface area (Å²) in [7, 11) is 0. The maximum Gasteiger partial charge on any atom is 0.408 e. The molecule has 1 aromatic carbocycles. The van der Waals surface area contributed by atoms with Gasteiger partial charge in [-0.25, -0.2) is 4.79 Å². The summed E-state index contributed by atoms with van der Waals surface area (Å²) in [4.78, 5) is 11.9. The molecule has 3 N–H and O–H groups in total. The first-order valence-electron chi connectivity index (χ1n) is 7.49. The summed E-state index contributed by atoms with van der Waals surface area (Å²) in [5.41, 5.74) is 0.257. The van der Waals surface area contributed by atoms with Crippen molar-refractivity contribution >= 4 is 6.09 Å². The van der Waals surface area contributed by atoms with Crippen molar-refractivity contribution in [1.82, 2.24) is 10.4 Å². The first kappa shape index (κ1) is 19.2. The number of alkyl carbamates (subject to hydrolysis) is 1. The number of nitrogens with zero attached hydrogens (tertiary/aromatic N) is 1. The molecule has 0 aliphatic rings. The summed E-state index contributed by atoms with van der Waals surface area (Å²) in [6.07, 6.45) is 0.817. The molecule has 23 heavy (non-hydrogen) atoms. The van der Waals surface area contributed by atoms with E-state index in [-0.39, 0.29) is 13.2 Å². The van der Waals surface area contributed by atoms with Crippen molar-refractivity contribution in [3.63, 3.8) is 0 Å². The lowest BCUT2D eigenvalue weighted by atomic mass is 10.1. The topological polar surface area (TPSA) is 82.0 Å². The first-order chi connectivity index (χ1) is 10.8. The standard InChI is InChI=1S/C17H26N2O4/c1-5-15(19(22)11-13-9-7-6-8-10-13)14(12-20)18-16(21)23-17(2,3)4/h5-10,14-15,20,22H,1,11-12H2,2-4H3,(H,18,21)/t14-,15+/m0/s1. The minimum Gasteiger partial charge on any atom is -0.444 e. The van der Waals surface area contributed by atoms with E-state index >= 15 is 0 Å². The minimum atomic E-state index is -0.740. The van der Waals surface area contributed by atoms with Gasteiger partial charge in [-0.15, -0.1) is 6.58 Å². The van der Waals surface area contributed by atoms with Crippen LogP contribution in [0.3, 0.4) is 0 Å². The van der Waals surface area contributed by atoms with E-state index in [4.69, 9.17) is 4.74 Å². The van der Waals surface area contributed by atoms with Crippen LogP contribution in [-0.4, -0.2) is 45.8 Å². The number of aliphatic hydroxyl groups is 1.